The molecular formula is C22H16ClN3O. The van der Waals surface area contributed by atoms with E-state index in [9.17, 15) is 4.79 Å². The monoisotopic (exact) mass is 373 g/mol. The van der Waals surface area contributed by atoms with Crippen molar-refractivity contribution in [3.8, 4) is 0 Å². The Morgan fingerprint density at radius 3 is 1.85 bits per heavy atom. The highest BCUT2D eigenvalue weighted by Crippen LogP contribution is 2.37. The number of hydrogen-bond acceptors (Lipinski definition) is 3. The van der Waals surface area contributed by atoms with Crippen molar-refractivity contribution in [1.29, 1.82) is 0 Å². The molecule has 0 fully saturated rings. The molecule has 4 nitrogen and oxygen atoms in total. The minimum Gasteiger partial charge on any atom is -0.291 e. The predicted octanol–water partition coefficient (Wildman–Crippen LogP) is 4.61. The normalized spacial score (nSPS) is 11.3. The van der Waals surface area contributed by atoms with Crippen LogP contribution < -0.4 is 0 Å². The first-order valence-corrected chi connectivity index (χ1v) is 8.87. The van der Waals surface area contributed by atoms with Crippen molar-refractivity contribution in [1.82, 2.24) is 14.8 Å². The molecule has 1 aromatic heterocycles. The number of Topliss-reactive ketones (excluding diaryl/α,β-unsaturated/α-hetero) is 1. The summed E-state index contributed by atoms with van der Waals surface area (Å²) in [4.78, 5) is 18.1. The van der Waals surface area contributed by atoms with Crippen LogP contribution in [0.4, 0.5) is 0 Å². The van der Waals surface area contributed by atoms with Gasteiger partial charge in [-0.15, -0.1) is 0 Å². The third-order valence-electron chi connectivity index (χ3n) is 4.58. The summed E-state index contributed by atoms with van der Waals surface area (Å²) in [6.07, 6.45) is 3.02. The summed E-state index contributed by atoms with van der Waals surface area (Å²) in [7, 11) is 0. The van der Waals surface area contributed by atoms with Crippen LogP contribution in [0.2, 0.25) is 5.02 Å². The minimum absolute atomic E-state index is 0.109. The van der Waals surface area contributed by atoms with Crippen LogP contribution in [0.25, 0.3) is 0 Å². The molecule has 0 aliphatic rings. The summed E-state index contributed by atoms with van der Waals surface area (Å²) in [6, 6.07) is 26.2. The molecule has 5 heteroatoms. The van der Waals surface area contributed by atoms with Crippen LogP contribution in [0.1, 0.15) is 21.5 Å². The van der Waals surface area contributed by atoms with Gasteiger partial charge >= 0.3 is 0 Å². The zero-order chi connectivity index (χ0) is 18.7. The smallest absolute Gasteiger partial charge is 0.199 e. The van der Waals surface area contributed by atoms with Crippen LogP contribution in [0, 0.1) is 0 Å². The lowest BCUT2D eigenvalue weighted by Crippen LogP contribution is -2.44. The van der Waals surface area contributed by atoms with Gasteiger partial charge in [0.25, 0.3) is 0 Å². The highest BCUT2D eigenvalue weighted by atomic mass is 35.5. The quantitative estimate of drug-likeness (QED) is 0.480. The molecular weight excluding hydrogens is 358 g/mol. The number of aromatic nitrogens is 3. The summed E-state index contributed by atoms with van der Waals surface area (Å²) in [5.41, 5.74) is 0.984. The molecule has 0 saturated heterocycles. The van der Waals surface area contributed by atoms with E-state index in [1.807, 2.05) is 60.7 Å². The second-order valence-corrected chi connectivity index (χ2v) is 6.55. The number of halogens is 1. The van der Waals surface area contributed by atoms with Crippen molar-refractivity contribution in [2.75, 3.05) is 0 Å². The van der Waals surface area contributed by atoms with Gasteiger partial charge in [0.2, 0.25) is 0 Å². The average molecular weight is 374 g/mol. The molecule has 4 aromatic rings. The Morgan fingerprint density at radius 1 is 0.815 bits per heavy atom. The molecule has 0 aliphatic heterocycles. The summed E-state index contributed by atoms with van der Waals surface area (Å²) in [5.74, 6) is -0.109. The number of rotatable bonds is 5. The van der Waals surface area contributed by atoms with E-state index in [0.29, 0.717) is 10.6 Å². The van der Waals surface area contributed by atoms with E-state index in [0.717, 1.165) is 11.1 Å². The van der Waals surface area contributed by atoms with Crippen LogP contribution in [0.15, 0.2) is 97.6 Å². The number of ketones is 1. The van der Waals surface area contributed by atoms with Crippen LogP contribution in [-0.4, -0.2) is 20.5 Å². The van der Waals surface area contributed by atoms with Crippen molar-refractivity contribution in [2.24, 2.45) is 0 Å². The van der Waals surface area contributed by atoms with Crippen molar-refractivity contribution < 1.29 is 4.79 Å². The van der Waals surface area contributed by atoms with E-state index in [1.54, 1.807) is 35.3 Å². The van der Waals surface area contributed by atoms with Gasteiger partial charge in [0.05, 0.1) is 0 Å². The number of nitrogens with zero attached hydrogens (tertiary/aromatic N) is 3. The number of hydrogen-bond donors (Lipinski definition) is 0. The second-order valence-electron chi connectivity index (χ2n) is 6.12. The van der Waals surface area contributed by atoms with Gasteiger partial charge in [0.1, 0.15) is 12.7 Å². The lowest BCUT2D eigenvalue weighted by atomic mass is 9.77. The highest BCUT2D eigenvalue weighted by molar-refractivity contribution is 6.30. The van der Waals surface area contributed by atoms with Crippen molar-refractivity contribution in [3.05, 3.63) is 119 Å². The SMILES string of the molecule is O=C(c1ccc(Cl)cc1)C(c1ccccc1)(c1ccccc1)n1cncn1. The molecule has 0 aliphatic carbocycles. The Hall–Kier alpha value is -3.24. The number of benzene rings is 3. The average Bonchev–Trinajstić information content (AvgIpc) is 3.26. The molecule has 0 radical (unpaired) electrons. The molecule has 0 bridgehead atoms. The Balaban J connectivity index is 2.05. The molecule has 0 N–H and O–H groups in total. The molecule has 0 atom stereocenters. The fraction of sp³-hybridized carbons (Fsp3) is 0.0455. The summed E-state index contributed by atoms with van der Waals surface area (Å²) < 4.78 is 1.62. The highest BCUT2D eigenvalue weighted by Gasteiger charge is 2.45. The van der Waals surface area contributed by atoms with E-state index in [4.69, 9.17) is 11.6 Å². The topological polar surface area (TPSA) is 47.8 Å². The lowest BCUT2D eigenvalue weighted by molar-refractivity contribution is 0.0878. The Morgan fingerprint density at radius 2 is 1.37 bits per heavy atom. The van der Waals surface area contributed by atoms with Crippen LogP contribution in [0.3, 0.4) is 0 Å². The van der Waals surface area contributed by atoms with Gasteiger partial charge in [-0.05, 0) is 35.4 Å². The first kappa shape index (κ1) is 17.2. The fourth-order valence-electron chi connectivity index (χ4n) is 3.35. The molecule has 0 amide bonds. The molecule has 27 heavy (non-hydrogen) atoms. The zero-order valence-electron chi connectivity index (χ0n) is 14.4. The second kappa shape index (κ2) is 7.17. The van der Waals surface area contributed by atoms with Crippen LogP contribution in [-0.2, 0) is 5.54 Å². The third kappa shape index (κ3) is 2.94. The van der Waals surface area contributed by atoms with E-state index in [2.05, 4.69) is 10.1 Å². The Labute approximate surface area is 162 Å². The fourth-order valence-corrected chi connectivity index (χ4v) is 3.47. The standard InChI is InChI=1S/C22H16ClN3O/c23-20-13-11-17(12-14-20)21(27)22(26-16-24-15-25-26,18-7-3-1-4-8-18)19-9-5-2-6-10-19/h1-16H. The van der Waals surface area contributed by atoms with Crippen LogP contribution >= 0.6 is 11.6 Å². The van der Waals surface area contributed by atoms with E-state index >= 15 is 0 Å². The van der Waals surface area contributed by atoms with Gasteiger partial charge < -0.3 is 0 Å². The largest absolute Gasteiger partial charge is 0.291 e. The predicted molar refractivity (Wildman–Crippen MR) is 105 cm³/mol. The minimum atomic E-state index is -1.17. The number of carbonyl (C=O) groups excluding carboxylic acids is 1. The first-order chi connectivity index (χ1) is 13.2. The molecule has 132 valence electrons. The van der Waals surface area contributed by atoms with Crippen molar-refractivity contribution in [3.63, 3.8) is 0 Å². The van der Waals surface area contributed by atoms with Gasteiger partial charge in [-0.2, -0.15) is 5.10 Å². The van der Waals surface area contributed by atoms with Gasteiger partial charge in [-0.3, -0.25) is 4.79 Å². The van der Waals surface area contributed by atoms with Crippen molar-refractivity contribution in [2.45, 2.75) is 5.54 Å². The number of carbonyl (C=O) groups is 1. The molecule has 0 saturated carbocycles. The summed E-state index contributed by atoms with van der Waals surface area (Å²) in [6.45, 7) is 0. The lowest BCUT2D eigenvalue weighted by Gasteiger charge is -2.33. The van der Waals surface area contributed by atoms with Crippen LogP contribution in [0.5, 0.6) is 0 Å². The molecule has 3 aromatic carbocycles. The Kier molecular flexibility index (Phi) is 4.57. The summed E-state index contributed by atoms with van der Waals surface area (Å²) >= 11 is 6.03. The maximum Gasteiger partial charge on any atom is 0.199 e. The molecule has 0 unspecified atom stereocenters. The van der Waals surface area contributed by atoms with Gasteiger partial charge in [-0.25, -0.2) is 9.67 Å². The van der Waals surface area contributed by atoms with E-state index < -0.39 is 5.54 Å². The van der Waals surface area contributed by atoms with Gasteiger partial charge in [0, 0.05) is 10.6 Å². The maximum atomic E-state index is 13.9. The van der Waals surface area contributed by atoms with Gasteiger partial charge in [-0.1, -0.05) is 72.3 Å². The van der Waals surface area contributed by atoms with Crippen molar-refractivity contribution >= 4 is 17.4 Å². The Bertz CT molecular complexity index is 991. The third-order valence-corrected chi connectivity index (χ3v) is 4.83. The van der Waals surface area contributed by atoms with E-state index in [-0.39, 0.29) is 5.78 Å². The molecule has 4 rings (SSSR count). The molecule has 0 spiro atoms. The first-order valence-electron chi connectivity index (χ1n) is 8.49. The van der Waals surface area contributed by atoms with Gasteiger partial charge in [0.15, 0.2) is 11.3 Å². The molecule has 1 heterocycles. The van der Waals surface area contributed by atoms with E-state index in [1.165, 1.54) is 6.33 Å². The zero-order valence-corrected chi connectivity index (χ0v) is 15.1. The summed E-state index contributed by atoms with van der Waals surface area (Å²) in [5, 5.41) is 4.95. The maximum absolute atomic E-state index is 13.9.